The van der Waals surface area contributed by atoms with Crippen LogP contribution < -0.4 is 5.32 Å². The Balaban J connectivity index is 1.59. The minimum Gasteiger partial charge on any atom is -0.377 e. The summed E-state index contributed by atoms with van der Waals surface area (Å²) in [5.74, 6) is -0.919. The summed E-state index contributed by atoms with van der Waals surface area (Å²) in [7, 11) is -3.43. The van der Waals surface area contributed by atoms with Crippen molar-refractivity contribution in [3.63, 3.8) is 0 Å². The van der Waals surface area contributed by atoms with Crippen molar-refractivity contribution in [2.75, 3.05) is 18.1 Å². The van der Waals surface area contributed by atoms with E-state index in [2.05, 4.69) is 11.4 Å². The van der Waals surface area contributed by atoms with E-state index in [-0.39, 0.29) is 17.9 Å². The van der Waals surface area contributed by atoms with Gasteiger partial charge in [0.1, 0.15) is 5.75 Å². The van der Waals surface area contributed by atoms with E-state index < -0.39 is 21.5 Å². The maximum Gasteiger partial charge on any atom is 0.235 e. The lowest BCUT2D eigenvalue weighted by Gasteiger charge is -2.26. The van der Waals surface area contributed by atoms with Crippen LogP contribution in [0.5, 0.6) is 0 Å². The summed E-state index contributed by atoms with van der Waals surface area (Å²) in [6.07, 6.45) is 4.28. The molecule has 126 valence electrons. The summed E-state index contributed by atoms with van der Waals surface area (Å²) in [5.41, 5.74) is 2.36. The number of rotatable bonds is 5. The molecule has 1 aliphatic heterocycles. The van der Waals surface area contributed by atoms with E-state index in [9.17, 15) is 13.2 Å². The van der Waals surface area contributed by atoms with Crippen molar-refractivity contribution in [2.24, 2.45) is 0 Å². The Bertz CT molecular complexity index is 665. The second-order valence-corrected chi connectivity index (χ2v) is 8.51. The smallest absolute Gasteiger partial charge is 0.235 e. The first-order chi connectivity index (χ1) is 11.0. The molecule has 3 rings (SSSR count). The summed E-state index contributed by atoms with van der Waals surface area (Å²) < 4.78 is 29.6. The number of carbonyl (C=O) groups excluding carboxylic acids is 1. The van der Waals surface area contributed by atoms with Gasteiger partial charge < -0.3 is 10.1 Å². The normalized spacial score (nSPS) is 24.2. The molecule has 1 fully saturated rings. The molecule has 1 heterocycles. The lowest BCUT2D eigenvalue weighted by molar-refractivity contribution is -0.119. The molecule has 1 aromatic carbocycles. The number of sulfone groups is 1. The van der Waals surface area contributed by atoms with Crippen molar-refractivity contribution in [1.82, 2.24) is 5.32 Å². The summed E-state index contributed by atoms with van der Waals surface area (Å²) >= 11 is 0. The van der Waals surface area contributed by atoms with Crippen LogP contribution in [-0.2, 0) is 25.8 Å². The standard InChI is InChI=1S/C17H23NO4S/c19-17(12-23(20,21)11-14-7-4-10-22-14)18-16-9-3-6-13-5-1-2-8-15(13)16/h1-2,5,8,14,16H,3-4,6-7,9-12H2,(H,18,19)/t14-,16-/m1/s1. The predicted octanol–water partition coefficient (Wildman–Crippen LogP) is 1.77. The quantitative estimate of drug-likeness (QED) is 0.889. The van der Waals surface area contributed by atoms with Crippen molar-refractivity contribution < 1.29 is 17.9 Å². The molecular weight excluding hydrogens is 314 g/mol. The minimum atomic E-state index is -3.43. The molecule has 0 aromatic heterocycles. The van der Waals surface area contributed by atoms with Gasteiger partial charge in [-0.05, 0) is 43.2 Å². The number of fused-ring (bicyclic) bond motifs is 1. The molecule has 1 amide bonds. The third kappa shape index (κ3) is 4.32. The third-order valence-corrected chi connectivity index (χ3v) is 6.10. The first kappa shape index (κ1) is 16.5. The Morgan fingerprint density at radius 3 is 2.83 bits per heavy atom. The minimum absolute atomic E-state index is 0.0539. The first-order valence-corrected chi connectivity index (χ1v) is 10.0. The fourth-order valence-electron chi connectivity index (χ4n) is 3.46. The lowest BCUT2D eigenvalue weighted by Crippen LogP contribution is -2.37. The van der Waals surface area contributed by atoms with Gasteiger partial charge in [0.25, 0.3) is 0 Å². The van der Waals surface area contributed by atoms with E-state index in [1.54, 1.807) is 0 Å². The van der Waals surface area contributed by atoms with Crippen LogP contribution in [0.15, 0.2) is 24.3 Å². The highest BCUT2D eigenvalue weighted by atomic mass is 32.2. The van der Waals surface area contributed by atoms with Gasteiger partial charge in [-0.25, -0.2) is 8.42 Å². The van der Waals surface area contributed by atoms with Crippen LogP contribution in [0.3, 0.4) is 0 Å². The molecule has 2 aliphatic rings. The second kappa shape index (κ2) is 7.01. The SMILES string of the molecule is O=C(CS(=O)(=O)C[C@H]1CCCO1)N[C@@H]1CCCc2ccccc21. The number of nitrogens with one attached hydrogen (secondary N) is 1. The monoisotopic (exact) mass is 337 g/mol. The maximum absolute atomic E-state index is 12.2. The molecule has 0 spiro atoms. The van der Waals surface area contributed by atoms with Crippen LogP contribution in [0, 0.1) is 0 Å². The maximum atomic E-state index is 12.2. The lowest BCUT2D eigenvalue weighted by atomic mass is 9.88. The molecular formula is C17H23NO4S. The zero-order valence-corrected chi connectivity index (χ0v) is 14.0. The van der Waals surface area contributed by atoms with Crippen LogP contribution in [0.25, 0.3) is 0 Å². The van der Waals surface area contributed by atoms with Gasteiger partial charge in [0.2, 0.25) is 5.91 Å². The van der Waals surface area contributed by atoms with E-state index >= 15 is 0 Å². The zero-order valence-electron chi connectivity index (χ0n) is 13.2. The van der Waals surface area contributed by atoms with Crippen LogP contribution in [0.4, 0.5) is 0 Å². The van der Waals surface area contributed by atoms with Gasteiger partial charge in [0.05, 0.1) is 17.9 Å². The number of hydrogen-bond donors (Lipinski definition) is 1. The molecule has 1 N–H and O–H groups in total. The molecule has 1 saturated heterocycles. The van der Waals surface area contributed by atoms with Gasteiger partial charge in [-0.2, -0.15) is 0 Å². The first-order valence-electron chi connectivity index (χ1n) is 8.23. The summed E-state index contributed by atoms with van der Waals surface area (Å²) in [4.78, 5) is 12.2. The Hall–Kier alpha value is -1.40. The van der Waals surface area contributed by atoms with Gasteiger partial charge in [0, 0.05) is 6.61 Å². The van der Waals surface area contributed by atoms with E-state index in [4.69, 9.17) is 4.74 Å². The van der Waals surface area contributed by atoms with Crippen LogP contribution in [-0.4, -0.2) is 38.5 Å². The molecule has 6 heteroatoms. The summed E-state index contributed by atoms with van der Waals surface area (Å²) in [5, 5.41) is 2.90. The average molecular weight is 337 g/mol. The fraction of sp³-hybridized carbons (Fsp3) is 0.588. The molecule has 0 unspecified atom stereocenters. The van der Waals surface area contributed by atoms with Crippen LogP contribution in [0.1, 0.15) is 42.9 Å². The predicted molar refractivity (Wildman–Crippen MR) is 87.9 cm³/mol. The fourth-order valence-corrected chi connectivity index (χ4v) is 4.89. The molecule has 5 nitrogen and oxygen atoms in total. The summed E-state index contributed by atoms with van der Waals surface area (Å²) in [6, 6.07) is 7.96. The van der Waals surface area contributed by atoms with Crippen molar-refractivity contribution in [3.8, 4) is 0 Å². The number of amides is 1. The Kier molecular flexibility index (Phi) is 5.02. The molecule has 23 heavy (non-hydrogen) atoms. The molecule has 0 bridgehead atoms. The highest BCUT2D eigenvalue weighted by molar-refractivity contribution is 7.92. The summed E-state index contributed by atoms with van der Waals surface area (Å²) in [6.45, 7) is 0.616. The topological polar surface area (TPSA) is 72.5 Å². The van der Waals surface area contributed by atoms with Crippen molar-refractivity contribution in [3.05, 3.63) is 35.4 Å². The van der Waals surface area contributed by atoms with Crippen LogP contribution >= 0.6 is 0 Å². The van der Waals surface area contributed by atoms with Crippen molar-refractivity contribution in [2.45, 2.75) is 44.2 Å². The number of ether oxygens (including phenoxy) is 1. The van der Waals surface area contributed by atoms with Gasteiger partial charge in [0.15, 0.2) is 9.84 Å². The van der Waals surface area contributed by atoms with E-state index in [0.717, 1.165) is 37.7 Å². The van der Waals surface area contributed by atoms with Gasteiger partial charge >= 0.3 is 0 Å². The number of carbonyl (C=O) groups is 1. The molecule has 0 saturated carbocycles. The number of aryl methyl sites for hydroxylation is 1. The zero-order chi connectivity index (χ0) is 16.3. The van der Waals surface area contributed by atoms with E-state index in [0.29, 0.717) is 6.61 Å². The van der Waals surface area contributed by atoms with Gasteiger partial charge in [-0.1, -0.05) is 24.3 Å². The largest absolute Gasteiger partial charge is 0.377 e. The van der Waals surface area contributed by atoms with E-state index in [1.807, 2.05) is 18.2 Å². The molecule has 1 aliphatic carbocycles. The van der Waals surface area contributed by atoms with Crippen molar-refractivity contribution >= 4 is 15.7 Å². The third-order valence-electron chi connectivity index (χ3n) is 4.52. The Labute approximate surface area is 137 Å². The highest BCUT2D eigenvalue weighted by Gasteiger charge is 2.27. The average Bonchev–Trinajstić information content (AvgIpc) is 2.99. The van der Waals surface area contributed by atoms with Gasteiger partial charge in [-0.3, -0.25) is 4.79 Å². The number of hydrogen-bond acceptors (Lipinski definition) is 4. The molecule has 1 aromatic rings. The number of benzene rings is 1. The van der Waals surface area contributed by atoms with Gasteiger partial charge in [-0.15, -0.1) is 0 Å². The van der Waals surface area contributed by atoms with Crippen LogP contribution in [0.2, 0.25) is 0 Å². The molecule has 0 radical (unpaired) electrons. The van der Waals surface area contributed by atoms with E-state index in [1.165, 1.54) is 5.56 Å². The second-order valence-electron chi connectivity index (χ2n) is 6.40. The Morgan fingerprint density at radius 2 is 2.04 bits per heavy atom. The van der Waals surface area contributed by atoms with Crippen molar-refractivity contribution in [1.29, 1.82) is 0 Å². The Morgan fingerprint density at radius 1 is 1.22 bits per heavy atom. The highest BCUT2D eigenvalue weighted by Crippen LogP contribution is 2.29. The molecule has 2 atom stereocenters.